The van der Waals surface area contributed by atoms with Crippen LogP contribution in [0.5, 0.6) is 0 Å². The van der Waals surface area contributed by atoms with Gasteiger partial charge in [0.25, 0.3) is 0 Å². The molecular formula is C17H29N3. The highest BCUT2D eigenvalue weighted by molar-refractivity contribution is 5.42. The van der Waals surface area contributed by atoms with Gasteiger partial charge in [0.15, 0.2) is 0 Å². The Bertz CT molecular complexity index is 422. The summed E-state index contributed by atoms with van der Waals surface area (Å²) in [6, 6.07) is 5.60. The lowest BCUT2D eigenvalue weighted by molar-refractivity contribution is 0.426. The van der Waals surface area contributed by atoms with E-state index in [0.717, 1.165) is 18.1 Å². The van der Waals surface area contributed by atoms with Crippen LogP contribution in [0.3, 0.4) is 0 Å². The third-order valence-electron chi connectivity index (χ3n) is 4.37. The summed E-state index contributed by atoms with van der Waals surface area (Å²) in [5.41, 5.74) is 2.46. The first-order valence-corrected chi connectivity index (χ1v) is 8.00. The van der Waals surface area contributed by atoms with Gasteiger partial charge in [-0.2, -0.15) is 0 Å². The van der Waals surface area contributed by atoms with Crippen molar-refractivity contribution in [2.75, 3.05) is 11.9 Å². The summed E-state index contributed by atoms with van der Waals surface area (Å²) in [4.78, 5) is 7.19. The van der Waals surface area contributed by atoms with Crippen LogP contribution in [0.4, 0.5) is 5.82 Å². The van der Waals surface area contributed by atoms with Gasteiger partial charge in [-0.3, -0.25) is 0 Å². The van der Waals surface area contributed by atoms with Crippen LogP contribution in [-0.2, 0) is 6.54 Å². The SMILES string of the molecule is Cc1nc(N(C)C2CCCCC2)ccc1CNC(C)C. The molecule has 2 rings (SSSR count). The maximum Gasteiger partial charge on any atom is 0.128 e. The van der Waals surface area contributed by atoms with E-state index in [4.69, 9.17) is 4.98 Å². The summed E-state index contributed by atoms with van der Waals surface area (Å²) in [6.45, 7) is 7.38. The molecule has 0 unspecified atom stereocenters. The van der Waals surface area contributed by atoms with Crippen molar-refractivity contribution in [3.05, 3.63) is 23.4 Å². The highest BCUT2D eigenvalue weighted by Crippen LogP contribution is 2.25. The highest BCUT2D eigenvalue weighted by atomic mass is 15.2. The molecule has 1 heterocycles. The minimum absolute atomic E-state index is 0.513. The molecule has 0 atom stereocenters. The molecule has 1 N–H and O–H groups in total. The third-order valence-corrected chi connectivity index (χ3v) is 4.37. The summed E-state index contributed by atoms with van der Waals surface area (Å²) in [5, 5.41) is 3.46. The Labute approximate surface area is 123 Å². The molecule has 3 heteroatoms. The van der Waals surface area contributed by atoms with Gasteiger partial charge in [0.2, 0.25) is 0 Å². The molecule has 0 aromatic carbocycles. The average Bonchev–Trinajstić information content (AvgIpc) is 2.46. The monoisotopic (exact) mass is 275 g/mol. The lowest BCUT2D eigenvalue weighted by Crippen LogP contribution is -2.34. The minimum Gasteiger partial charge on any atom is -0.357 e. The molecule has 0 saturated heterocycles. The second-order valence-electron chi connectivity index (χ2n) is 6.35. The van der Waals surface area contributed by atoms with Crippen LogP contribution in [0, 0.1) is 6.92 Å². The lowest BCUT2D eigenvalue weighted by Gasteiger charge is -2.32. The predicted octanol–water partition coefficient (Wildman–Crippen LogP) is 3.66. The fourth-order valence-electron chi connectivity index (χ4n) is 2.93. The molecule has 0 bridgehead atoms. The Morgan fingerprint density at radius 1 is 1.25 bits per heavy atom. The van der Waals surface area contributed by atoms with Crippen molar-refractivity contribution < 1.29 is 0 Å². The number of hydrogen-bond donors (Lipinski definition) is 1. The number of aromatic nitrogens is 1. The maximum absolute atomic E-state index is 4.81. The standard InChI is InChI=1S/C17H29N3/c1-13(2)18-12-15-10-11-17(19-14(15)3)20(4)16-8-6-5-7-9-16/h10-11,13,16,18H,5-9,12H2,1-4H3. The first kappa shape index (κ1) is 15.3. The average molecular weight is 275 g/mol. The molecule has 1 aliphatic rings. The van der Waals surface area contributed by atoms with Crippen LogP contribution < -0.4 is 10.2 Å². The van der Waals surface area contributed by atoms with Gasteiger partial charge < -0.3 is 10.2 Å². The molecular weight excluding hydrogens is 246 g/mol. The van der Waals surface area contributed by atoms with Crippen molar-refractivity contribution in [2.45, 2.75) is 71.5 Å². The molecule has 1 aromatic rings. The van der Waals surface area contributed by atoms with Crippen molar-refractivity contribution in [3.8, 4) is 0 Å². The third kappa shape index (κ3) is 3.95. The normalized spacial score (nSPS) is 16.6. The molecule has 1 aliphatic carbocycles. The van der Waals surface area contributed by atoms with Crippen molar-refractivity contribution in [2.24, 2.45) is 0 Å². The van der Waals surface area contributed by atoms with Crippen LogP contribution in [0.1, 0.15) is 57.2 Å². The molecule has 3 nitrogen and oxygen atoms in total. The fraction of sp³-hybridized carbons (Fsp3) is 0.706. The number of aryl methyl sites for hydroxylation is 1. The van der Waals surface area contributed by atoms with Crippen molar-refractivity contribution in [1.29, 1.82) is 0 Å². The second kappa shape index (κ2) is 7.07. The van der Waals surface area contributed by atoms with Crippen LogP contribution in [0.2, 0.25) is 0 Å². The van der Waals surface area contributed by atoms with Crippen LogP contribution in [-0.4, -0.2) is 24.1 Å². The van der Waals surface area contributed by atoms with Crippen LogP contribution in [0.25, 0.3) is 0 Å². The number of pyridine rings is 1. The van der Waals surface area contributed by atoms with Crippen molar-refractivity contribution >= 4 is 5.82 Å². The zero-order chi connectivity index (χ0) is 14.5. The molecule has 0 aliphatic heterocycles. The van der Waals surface area contributed by atoms with Crippen molar-refractivity contribution in [3.63, 3.8) is 0 Å². The van der Waals surface area contributed by atoms with E-state index in [2.05, 4.69) is 50.2 Å². The van der Waals surface area contributed by atoms with Crippen LogP contribution >= 0.6 is 0 Å². The van der Waals surface area contributed by atoms with Crippen molar-refractivity contribution in [1.82, 2.24) is 10.3 Å². The summed E-state index contributed by atoms with van der Waals surface area (Å²) in [7, 11) is 2.20. The molecule has 0 amide bonds. The molecule has 0 radical (unpaired) electrons. The van der Waals surface area contributed by atoms with E-state index < -0.39 is 0 Å². The molecule has 112 valence electrons. The Morgan fingerprint density at radius 2 is 1.95 bits per heavy atom. The van der Waals surface area contributed by atoms with Gasteiger partial charge >= 0.3 is 0 Å². The van der Waals surface area contributed by atoms with E-state index in [-0.39, 0.29) is 0 Å². The fourth-order valence-corrected chi connectivity index (χ4v) is 2.93. The molecule has 0 spiro atoms. The van der Waals surface area contributed by atoms with E-state index in [9.17, 15) is 0 Å². The largest absolute Gasteiger partial charge is 0.357 e. The van der Waals surface area contributed by atoms with E-state index >= 15 is 0 Å². The Morgan fingerprint density at radius 3 is 2.55 bits per heavy atom. The number of hydrogen-bond acceptors (Lipinski definition) is 3. The number of rotatable bonds is 5. The number of nitrogens with one attached hydrogen (secondary N) is 1. The zero-order valence-electron chi connectivity index (χ0n) is 13.4. The summed E-state index contributed by atoms with van der Waals surface area (Å²) < 4.78 is 0. The molecule has 1 aromatic heterocycles. The van der Waals surface area contributed by atoms with Gasteiger partial charge in [-0.15, -0.1) is 0 Å². The Balaban J connectivity index is 2.03. The highest BCUT2D eigenvalue weighted by Gasteiger charge is 2.19. The summed E-state index contributed by atoms with van der Waals surface area (Å²) >= 11 is 0. The topological polar surface area (TPSA) is 28.2 Å². The maximum atomic E-state index is 4.81. The van der Waals surface area contributed by atoms with E-state index in [1.54, 1.807) is 0 Å². The first-order valence-electron chi connectivity index (χ1n) is 8.00. The van der Waals surface area contributed by atoms with Gasteiger partial charge in [0, 0.05) is 31.4 Å². The van der Waals surface area contributed by atoms with Gasteiger partial charge in [-0.1, -0.05) is 39.2 Å². The smallest absolute Gasteiger partial charge is 0.128 e. The summed E-state index contributed by atoms with van der Waals surface area (Å²) in [5.74, 6) is 1.13. The second-order valence-corrected chi connectivity index (χ2v) is 6.35. The van der Waals surface area contributed by atoms with Gasteiger partial charge in [0.1, 0.15) is 5.82 Å². The summed E-state index contributed by atoms with van der Waals surface area (Å²) in [6.07, 6.45) is 6.76. The van der Waals surface area contributed by atoms with E-state index in [1.165, 1.54) is 37.7 Å². The van der Waals surface area contributed by atoms with E-state index in [0.29, 0.717) is 12.1 Å². The molecule has 1 fully saturated rings. The minimum atomic E-state index is 0.513. The number of anilines is 1. The zero-order valence-corrected chi connectivity index (χ0v) is 13.4. The Kier molecular flexibility index (Phi) is 5.41. The first-order chi connectivity index (χ1) is 9.58. The lowest BCUT2D eigenvalue weighted by atomic mass is 9.94. The van der Waals surface area contributed by atoms with Gasteiger partial charge in [0.05, 0.1) is 0 Å². The number of nitrogens with zero attached hydrogens (tertiary/aromatic N) is 2. The van der Waals surface area contributed by atoms with Crippen LogP contribution in [0.15, 0.2) is 12.1 Å². The Hall–Kier alpha value is -1.09. The molecule has 20 heavy (non-hydrogen) atoms. The quantitative estimate of drug-likeness (QED) is 0.889. The van der Waals surface area contributed by atoms with Gasteiger partial charge in [-0.05, 0) is 31.4 Å². The van der Waals surface area contributed by atoms with Gasteiger partial charge in [-0.25, -0.2) is 4.98 Å². The predicted molar refractivity (Wildman–Crippen MR) is 86.2 cm³/mol. The molecule has 1 saturated carbocycles. The van der Waals surface area contributed by atoms with E-state index in [1.807, 2.05) is 0 Å².